The van der Waals surface area contributed by atoms with Crippen molar-refractivity contribution in [2.45, 2.75) is 13.8 Å². The third-order valence-electron chi connectivity index (χ3n) is 3.63. The zero-order valence-electron chi connectivity index (χ0n) is 10.9. The van der Waals surface area contributed by atoms with E-state index in [1.54, 1.807) is 6.07 Å². The van der Waals surface area contributed by atoms with Crippen molar-refractivity contribution in [2.24, 2.45) is 5.73 Å². The van der Waals surface area contributed by atoms with Crippen LogP contribution in [-0.2, 0) is 0 Å². The van der Waals surface area contributed by atoms with E-state index < -0.39 is 5.91 Å². The van der Waals surface area contributed by atoms with Gasteiger partial charge in [-0.1, -0.05) is 12.1 Å². The van der Waals surface area contributed by atoms with E-state index in [1.165, 1.54) is 0 Å². The molecule has 3 aromatic rings. The topological polar surface area (TPSA) is 63.8 Å². The van der Waals surface area contributed by atoms with Crippen molar-refractivity contribution in [1.82, 2.24) is 9.55 Å². The fourth-order valence-corrected chi connectivity index (χ4v) is 2.58. The first-order valence-corrected chi connectivity index (χ1v) is 6.15. The third kappa shape index (κ3) is 1.57. The Balaban J connectivity index is 2.50. The van der Waals surface area contributed by atoms with Crippen LogP contribution >= 0.6 is 0 Å². The molecule has 0 bridgehead atoms. The lowest BCUT2D eigenvalue weighted by atomic mass is 10.1. The van der Waals surface area contributed by atoms with Crippen molar-refractivity contribution in [1.29, 1.82) is 0 Å². The number of hydrogen-bond donors (Lipinski definition) is 2. The molecule has 96 valence electrons. The molecule has 2 heterocycles. The molecular formula is C15H15N3O. The lowest BCUT2D eigenvalue weighted by molar-refractivity contribution is 0.100. The van der Waals surface area contributed by atoms with Gasteiger partial charge in [0.05, 0.1) is 11.1 Å². The molecule has 0 aliphatic carbocycles. The first-order valence-electron chi connectivity index (χ1n) is 6.15. The van der Waals surface area contributed by atoms with Gasteiger partial charge >= 0.3 is 0 Å². The van der Waals surface area contributed by atoms with Gasteiger partial charge in [0.25, 0.3) is 5.91 Å². The Morgan fingerprint density at radius 2 is 2.00 bits per heavy atom. The number of H-pyrrole nitrogens is 1. The van der Waals surface area contributed by atoms with Crippen molar-refractivity contribution in [3.05, 3.63) is 53.3 Å². The quantitative estimate of drug-likeness (QED) is 0.724. The molecule has 3 N–H and O–H groups in total. The molecule has 0 spiro atoms. The number of nitrogens with zero attached hydrogens (tertiary/aromatic N) is 1. The van der Waals surface area contributed by atoms with E-state index in [9.17, 15) is 4.79 Å². The minimum atomic E-state index is -0.407. The highest BCUT2D eigenvalue weighted by molar-refractivity contribution is 6.06. The summed E-state index contributed by atoms with van der Waals surface area (Å²) in [5, 5.41) is 1.06. The molecule has 2 aromatic heterocycles. The molecule has 0 atom stereocenters. The van der Waals surface area contributed by atoms with Crippen molar-refractivity contribution in [3.63, 3.8) is 0 Å². The van der Waals surface area contributed by atoms with E-state index in [-0.39, 0.29) is 0 Å². The minimum absolute atomic E-state index is 0.407. The molecular weight excluding hydrogens is 238 g/mol. The summed E-state index contributed by atoms with van der Waals surface area (Å²) in [5.41, 5.74) is 9.17. The number of fused-ring (bicyclic) bond motifs is 1. The minimum Gasteiger partial charge on any atom is -0.366 e. The average Bonchev–Trinajstić information content (AvgIpc) is 2.98. The van der Waals surface area contributed by atoms with Crippen LogP contribution in [0.15, 0.2) is 36.5 Å². The number of para-hydroxylation sites is 1. The number of benzene rings is 1. The first kappa shape index (κ1) is 11.6. The van der Waals surface area contributed by atoms with Gasteiger partial charge in [-0.25, -0.2) is 0 Å². The van der Waals surface area contributed by atoms with E-state index in [0.717, 1.165) is 28.0 Å². The van der Waals surface area contributed by atoms with Crippen LogP contribution in [0.5, 0.6) is 0 Å². The second-order valence-corrected chi connectivity index (χ2v) is 4.67. The number of nitrogens with two attached hydrogens (primary N) is 1. The highest BCUT2D eigenvalue weighted by Crippen LogP contribution is 2.30. The molecule has 0 unspecified atom stereocenters. The number of primary amides is 1. The summed E-state index contributed by atoms with van der Waals surface area (Å²) in [4.78, 5) is 14.8. The summed E-state index contributed by atoms with van der Waals surface area (Å²) in [6, 6.07) is 9.56. The number of carbonyl (C=O) groups excluding carboxylic acids is 1. The maximum absolute atomic E-state index is 11.7. The van der Waals surface area contributed by atoms with Crippen LogP contribution < -0.4 is 5.73 Å². The standard InChI is InChI=1S/C15H15N3O/c1-9-10(2)18(13-7-4-8-17-13)14-11(9)5-3-6-12(14)15(16)19/h3-8,17H,1-2H3,(H2,16,19). The van der Waals surface area contributed by atoms with Gasteiger partial charge < -0.3 is 10.7 Å². The number of aryl methyl sites for hydroxylation is 1. The Bertz CT molecular complexity index is 766. The summed E-state index contributed by atoms with van der Waals surface area (Å²) in [5.74, 6) is 0.528. The van der Waals surface area contributed by atoms with Crippen molar-refractivity contribution < 1.29 is 4.79 Å². The van der Waals surface area contributed by atoms with Gasteiger partial charge in [0.1, 0.15) is 5.82 Å². The molecule has 0 aliphatic heterocycles. The first-order chi connectivity index (χ1) is 9.11. The van der Waals surface area contributed by atoms with Crippen molar-refractivity contribution in [3.8, 4) is 5.82 Å². The highest BCUT2D eigenvalue weighted by atomic mass is 16.1. The lowest BCUT2D eigenvalue weighted by Gasteiger charge is -2.08. The monoisotopic (exact) mass is 253 g/mol. The number of aromatic nitrogens is 2. The van der Waals surface area contributed by atoms with Crippen LogP contribution in [0.4, 0.5) is 0 Å². The molecule has 3 rings (SSSR count). The van der Waals surface area contributed by atoms with Crippen molar-refractivity contribution >= 4 is 16.8 Å². The third-order valence-corrected chi connectivity index (χ3v) is 3.63. The molecule has 1 amide bonds. The predicted octanol–water partition coefficient (Wildman–Crippen LogP) is 2.67. The zero-order chi connectivity index (χ0) is 13.6. The SMILES string of the molecule is Cc1c(C)n(-c2ccc[nH]2)c2c(C(N)=O)cccc12. The van der Waals surface area contributed by atoms with E-state index in [0.29, 0.717) is 5.56 Å². The Hall–Kier alpha value is -2.49. The number of hydrogen-bond acceptors (Lipinski definition) is 1. The summed E-state index contributed by atoms with van der Waals surface area (Å²) in [7, 11) is 0. The Morgan fingerprint density at radius 3 is 2.63 bits per heavy atom. The van der Waals surface area contributed by atoms with E-state index in [4.69, 9.17) is 5.73 Å². The van der Waals surface area contributed by atoms with Crippen LogP contribution in [0, 0.1) is 13.8 Å². The molecule has 19 heavy (non-hydrogen) atoms. The van der Waals surface area contributed by atoms with Gasteiger partial charge in [-0.3, -0.25) is 9.36 Å². The van der Waals surface area contributed by atoms with Crippen LogP contribution in [0.1, 0.15) is 21.6 Å². The molecule has 0 saturated heterocycles. The molecule has 4 nitrogen and oxygen atoms in total. The van der Waals surface area contributed by atoms with Crippen LogP contribution in [0.25, 0.3) is 16.7 Å². The summed E-state index contributed by atoms with van der Waals surface area (Å²) in [6.07, 6.45) is 1.86. The zero-order valence-corrected chi connectivity index (χ0v) is 10.9. The Morgan fingerprint density at radius 1 is 1.21 bits per heavy atom. The molecule has 1 aromatic carbocycles. The normalized spacial score (nSPS) is 11.1. The number of nitrogens with one attached hydrogen (secondary N) is 1. The smallest absolute Gasteiger partial charge is 0.250 e. The summed E-state index contributed by atoms with van der Waals surface area (Å²) < 4.78 is 2.05. The highest BCUT2D eigenvalue weighted by Gasteiger charge is 2.17. The maximum atomic E-state index is 11.7. The Kier molecular flexibility index (Phi) is 2.45. The van der Waals surface area contributed by atoms with Gasteiger partial charge in [0.15, 0.2) is 0 Å². The van der Waals surface area contributed by atoms with Gasteiger partial charge in [-0.05, 0) is 37.6 Å². The van der Waals surface area contributed by atoms with Gasteiger partial charge in [-0.15, -0.1) is 0 Å². The molecule has 0 fully saturated rings. The average molecular weight is 253 g/mol. The molecule has 0 radical (unpaired) electrons. The fraction of sp³-hybridized carbons (Fsp3) is 0.133. The van der Waals surface area contributed by atoms with Crippen LogP contribution in [0.2, 0.25) is 0 Å². The molecule has 4 heteroatoms. The lowest BCUT2D eigenvalue weighted by Crippen LogP contribution is -2.13. The molecule has 0 aliphatic rings. The second-order valence-electron chi connectivity index (χ2n) is 4.67. The van der Waals surface area contributed by atoms with Gasteiger partial charge in [0, 0.05) is 17.3 Å². The van der Waals surface area contributed by atoms with Crippen LogP contribution in [-0.4, -0.2) is 15.5 Å². The van der Waals surface area contributed by atoms with Crippen molar-refractivity contribution in [2.75, 3.05) is 0 Å². The summed E-state index contributed by atoms with van der Waals surface area (Å²) >= 11 is 0. The largest absolute Gasteiger partial charge is 0.366 e. The van der Waals surface area contributed by atoms with Gasteiger partial charge in [0.2, 0.25) is 0 Å². The number of carbonyl (C=O) groups is 1. The summed E-state index contributed by atoms with van der Waals surface area (Å²) in [6.45, 7) is 4.10. The molecule has 0 saturated carbocycles. The second kappa shape index (κ2) is 4.02. The number of aromatic amines is 1. The van der Waals surface area contributed by atoms with Gasteiger partial charge in [-0.2, -0.15) is 0 Å². The van der Waals surface area contributed by atoms with E-state index >= 15 is 0 Å². The van der Waals surface area contributed by atoms with E-state index in [1.807, 2.05) is 42.0 Å². The number of rotatable bonds is 2. The maximum Gasteiger partial charge on any atom is 0.250 e. The Labute approximate surface area is 110 Å². The van der Waals surface area contributed by atoms with E-state index in [2.05, 4.69) is 11.9 Å². The van der Waals surface area contributed by atoms with Crippen LogP contribution in [0.3, 0.4) is 0 Å². The fourth-order valence-electron chi connectivity index (χ4n) is 2.58. The predicted molar refractivity (Wildman–Crippen MR) is 75.6 cm³/mol. The number of amides is 1.